The van der Waals surface area contributed by atoms with Crippen LogP contribution in [0.4, 0.5) is 0 Å². The van der Waals surface area contributed by atoms with Gasteiger partial charge in [0.15, 0.2) is 6.61 Å². The third-order valence-electron chi connectivity index (χ3n) is 4.13. The van der Waals surface area contributed by atoms with Crippen molar-refractivity contribution in [1.82, 2.24) is 9.62 Å². The van der Waals surface area contributed by atoms with Crippen LogP contribution < -0.4 is 10.1 Å². The van der Waals surface area contributed by atoms with Crippen LogP contribution in [0.3, 0.4) is 0 Å². The van der Waals surface area contributed by atoms with E-state index in [9.17, 15) is 18.0 Å². The minimum absolute atomic E-state index is 0.0785. The summed E-state index contributed by atoms with van der Waals surface area (Å²) in [4.78, 5) is 23.8. The molecule has 2 aromatic rings. The van der Waals surface area contributed by atoms with E-state index in [2.05, 4.69) is 5.32 Å². The Bertz CT molecular complexity index is 973. The Morgan fingerprint density at radius 2 is 1.73 bits per heavy atom. The Balaban J connectivity index is 1.70. The minimum Gasteiger partial charge on any atom is -0.492 e. The average molecular weight is 435 g/mol. The van der Waals surface area contributed by atoms with Crippen molar-refractivity contribution in [3.05, 3.63) is 59.7 Å². The van der Waals surface area contributed by atoms with E-state index < -0.39 is 35.1 Å². The van der Waals surface area contributed by atoms with Crippen LogP contribution in [0.25, 0.3) is 0 Å². The summed E-state index contributed by atoms with van der Waals surface area (Å²) in [5, 5.41) is 2.56. The van der Waals surface area contributed by atoms with E-state index >= 15 is 0 Å². The second-order valence-corrected chi connectivity index (χ2v) is 8.79. The fourth-order valence-electron chi connectivity index (χ4n) is 2.46. The third kappa shape index (κ3) is 7.16. The predicted molar refractivity (Wildman–Crippen MR) is 112 cm³/mol. The van der Waals surface area contributed by atoms with E-state index in [1.165, 1.54) is 19.2 Å². The van der Waals surface area contributed by atoms with Crippen LogP contribution >= 0.6 is 0 Å². The molecule has 0 heterocycles. The first-order chi connectivity index (χ1) is 14.2. The molecule has 0 aliphatic carbocycles. The number of nitrogens with zero attached hydrogens (tertiary/aromatic N) is 1. The maximum atomic E-state index is 12.5. The quantitative estimate of drug-likeness (QED) is 0.451. The largest absolute Gasteiger partial charge is 0.492 e. The number of nitrogens with one attached hydrogen (secondary N) is 1. The first-order valence-corrected chi connectivity index (χ1v) is 10.8. The molecule has 2 rings (SSSR count). The summed E-state index contributed by atoms with van der Waals surface area (Å²) in [6, 6.07) is 13.8. The number of esters is 1. The Kier molecular flexibility index (Phi) is 8.37. The molecular formula is C21H26N2O6S. The van der Waals surface area contributed by atoms with Crippen LogP contribution in [-0.4, -0.2) is 58.0 Å². The van der Waals surface area contributed by atoms with Gasteiger partial charge in [0.1, 0.15) is 18.9 Å². The number of rotatable bonds is 10. The summed E-state index contributed by atoms with van der Waals surface area (Å²) in [5.41, 5.74) is 1.99. The molecule has 30 heavy (non-hydrogen) atoms. The van der Waals surface area contributed by atoms with Crippen molar-refractivity contribution in [2.24, 2.45) is 0 Å². The smallest absolute Gasteiger partial charge is 0.321 e. The molecule has 0 atom stereocenters. The molecular weight excluding hydrogens is 408 g/mol. The second kappa shape index (κ2) is 10.7. The van der Waals surface area contributed by atoms with Crippen molar-refractivity contribution in [2.75, 3.05) is 33.4 Å². The van der Waals surface area contributed by atoms with Crippen LogP contribution in [0.1, 0.15) is 11.1 Å². The maximum Gasteiger partial charge on any atom is 0.321 e. The zero-order valence-corrected chi connectivity index (χ0v) is 18.1. The summed E-state index contributed by atoms with van der Waals surface area (Å²) in [7, 11) is -2.54. The van der Waals surface area contributed by atoms with Crippen molar-refractivity contribution in [2.45, 2.75) is 18.7 Å². The van der Waals surface area contributed by atoms with Crippen LogP contribution in [0.5, 0.6) is 5.75 Å². The van der Waals surface area contributed by atoms with Gasteiger partial charge >= 0.3 is 5.97 Å². The molecule has 0 bridgehead atoms. The molecule has 2 aromatic carbocycles. The second-order valence-electron chi connectivity index (χ2n) is 6.75. The van der Waals surface area contributed by atoms with Crippen molar-refractivity contribution in [1.29, 1.82) is 0 Å². The molecule has 0 aliphatic heterocycles. The fraction of sp³-hybridized carbons (Fsp3) is 0.333. The number of hydrogen-bond donors (Lipinski definition) is 1. The molecule has 8 nitrogen and oxygen atoms in total. The van der Waals surface area contributed by atoms with Crippen molar-refractivity contribution < 1.29 is 27.5 Å². The monoisotopic (exact) mass is 434 g/mol. The van der Waals surface area contributed by atoms with Gasteiger partial charge in [-0.15, -0.1) is 0 Å². The summed E-state index contributed by atoms with van der Waals surface area (Å²) in [6.07, 6.45) is 0. The van der Waals surface area contributed by atoms with Gasteiger partial charge < -0.3 is 14.8 Å². The SMILES string of the molecule is Cc1ccc(S(=O)(=O)N(C)CC(=O)OCC(=O)NCCOc2cccc(C)c2)cc1. The third-order valence-corrected chi connectivity index (χ3v) is 5.95. The molecule has 0 radical (unpaired) electrons. The lowest BCUT2D eigenvalue weighted by molar-refractivity contribution is -0.148. The average Bonchev–Trinajstić information content (AvgIpc) is 2.70. The number of aryl methyl sites for hydroxylation is 2. The van der Waals surface area contributed by atoms with Crippen LogP contribution in [0, 0.1) is 13.8 Å². The molecule has 0 aliphatic rings. The topological polar surface area (TPSA) is 102 Å². The Morgan fingerprint density at radius 3 is 2.40 bits per heavy atom. The zero-order chi connectivity index (χ0) is 22.1. The van der Waals surface area contributed by atoms with Gasteiger partial charge in [0.25, 0.3) is 5.91 Å². The highest BCUT2D eigenvalue weighted by molar-refractivity contribution is 7.89. The van der Waals surface area contributed by atoms with Gasteiger partial charge in [-0.2, -0.15) is 4.31 Å². The van der Waals surface area contributed by atoms with Gasteiger partial charge in [-0.05, 0) is 43.7 Å². The molecule has 0 aromatic heterocycles. The number of sulfonamides is 1. The lowest BCUT2D eigenvalue weighted by Gasteiger charge is -2.16. The van der Waals surface area contributed by atoms with E-state index in [1.54, 1.807) is 12.1 Å². The number of likely N-dealkylation sites (N-methyl/N-ethyl adjacent to an activating group) is 1. The highest BCUT2D eigenvalue weighted by Gasteiger charge is 2.23. The van der Waals surface area contributed by atoms with E-state index in [-0.39, 0.29) is 18.0 Å². The lowest BCUT2D eigenvalue weighted by atomic mass is 10.2. The summed E-state index contributed by atoms with van der Waals surface area (Å²) < 4.78 is 36.2. The van der Waals surface area contributed by atoms with Crippen molar-refractivity contribution >= 4 is 21.9 Å². The van der Waals surface area contributed by atoms with Gasteiger partial charge in [-0.3, -0.25) is 9.59 Å². The number of hydrogen-bond acceptors (Lipinski definition) is 6. The first kappa shape index (κ1) is 23.4. The first-order valence-electron chi connectivity index (χ1n) is 9.33. The molecule has 0 saturated heterocycles. The lowest BCUT2D eigenvalue weighted by Crippen LogP contribution is -2.36. The Hall–Kier alpha value is -2.91. The number of amides is 1. The highest BCUT2D eigenvalue weighted by atomic mass is 32.2. The number of carbonyl (C=O) groups is 2. The maximum absolute atomic E-state index is 12.5. The minimum atomic E-state index is -3.82. The number of carbonyl (C=O) groups excluding carboxylic acids is 2. The molecule has 0 saturated carbocycles. The Morgan fingerprint density at radius 1 is 1.03 bits per heavy atom. The molecule has 9 heteroatoms. The molecule has 1 N–H and O–H groups in total. The van der Waals surface area contributed by atoms with E-state index in [4.69, 9.17) is 9.47 Å². The molecule has 162 valence electrons. The standard InChI is InChI=1S/C21H26N2O6S/c1-16-7-9-19(10-8-16)30(26,27)23(3)14-21(25)29-15-20(24)22-11-12-28-18-6-4-5-17(2)13-18/h4-10,13H,11-12,14-15H2,1-3H3,(H,22,24). The van der Waals surface area contributed by atoms with E-state index in [0.717, 1.165) is 15.4 Å². The summed E-state index contributed by atoms with van der Waals surface area (Å²) in [5.74, 6) is -0.618. The fourth-order valence-corrected chi connectivity index (χ4v) is 3.58. The van der Waals surface area contributed by atoms with Gasteiger partial charge in [0.2, 0.25) is 10.0 Å². The molecule has 0 spiro atoms. The Labute approximate surface area is 176 Å². The molecule has 1 amide bonds. The number of benzene rings is 2. The van der Waals surface area contributed by atoms with Gasteiger partial charge in [-0.1, -0.05) is 29.8 Å². The predicted octanol–water partition coefficient (Wildman–Crippen LogP) is 1.66. The van der Waals surface area contributed by atoms with E-state index in [1.807, 2.05) is 38.1 Å². The summed E-state index contributed by atoms with van der Waals surface area (Å²) in [6.45, 7) is 3.30. The van der Waals surface area contributed by atoms with Crippen molar-refractivity contribution in [3.63, 3.8) is 0 Å². The number of ether oxygens (including phenoxy) is 2. The normalized spacial score (nSPS) is 11.2. The highest BCUT2D eigenvalue weighted by Crippen LogP contribution is 2.15. The van der Waals surface area contributed by atoms with E-state index in [0.29, 0.717) is 5.75 Å². The molecule has 0 fully saturated rings. The van der Waals surface area contributed by atoms with Crippen LogP contribution in [-0.2, 0) is 24.3 Å². The van der Waals surface area contributed by atoms with Crippen LogP contribution in [0.15, 0.2) is 53.4 Å². The van der Waals surface area contributed by atoms with Gasteiger partial charge in [0.05, 0.1) is 11.4 Å². The van der Waals surface area contributed by atoms with Crippen LogP contribution in [0.2, 0.25) is 0 Å². The van der Waals surface area contributed by atoms with Crippen molar-refractivity contribution in [3.8, 4) is 5.75 Å². The summed E-state index contributed by atoms with van der Waals surface area (Å²) >= 11 is 0. The molecule has 0 unspecified atom stereocenters. The zero-order valence-electron chi connectivity index (χ0n) is 17.3. The van der Waals surface area contributed by atoms with Gasteiger partial charge in [0, 0.05) is 7.05 Å². The van der Waals surface area contributed by atoms with Gasteiger partial charge in [-0.25, -0.2) is 8.42 Å².